The Bertz CT molecular complexity index is 957. The number of rotatable bonds is 4. The predicted molar refractivity (Wildman–Crippen MR) is 113 cm³/mol. The van der Waals surface area contributed by atoms with Gasteiger partial charge in [0.2, 0.25) is 10.0 Å². The Kier molecular flexibility index (Phi) is 6.37. The first kappa shape index (κ1) is 22.2. The summed E-state index contributed by atoms with van der Waals surface area (Å²) >= 11 is 0. The molecule has 170 valence electrons. The number of nitrogens with zero attached hydrogens (tertiary/aromatic N) is 2. The number of esters is 1. The minimum absolute atomic E-state index is 0.00995. The predicted octanol–water partition coefficient (Wildman–Crippen LogP) is 1.96. The molecule has 2 heterocycles. The summed E-state index contributed by atoms with van der Waals surface area (Å²) in [4.78, 5) is 28.0. The van der Waals surface area contributed by atoms with E-state index in [-0.39, 0.29) is 22.8 Å². The SMILES string of the molecule is COC(=O)C1CC2CCCCC2N1C(=O)c1cc(S(=O)(=O)N2CCOCC2)ccc1C. The van der Waals surface area contributed by atoms with Gasteiger partial charge in [0.05, 0.1) is 25.2 Å². The van der Waals surface area contributed by atoms with Crippen LogP contribution in [0.5, 0.6) is 0 Å². The van der Waals surface area contributed by atoms with Crippen molar-refractivity contribution in [2.24, 2.45) is 5.92 Å². The number of morpholine rings is 1. The number of hydrogen-bond acceptors (Lipinski definition) is 6. The molecule has 0 radical (unpaired) electrons. The van der Waals surface area contributed by atoms with Crippen LogP contribution in [0, 0.1) is 12.8 Å². The number of carbonyl (C=O) groups excluding carboxylic acids is 2. The summed E-state index contributed by atoms with van der Waals surface area (Å²) in [6.07, 6.45) is 4.57. The molecule has 0 bridgehead atoms. The van der Waals surface area contributed by atoms with Crippen molar-refractivity contribution in [1.29, 1.82) is 0 Å². The van der Waals surface area contributed by atoms with E-state index in [9.17, 15) is 18.0 Å². The fourth-order valence-electron chi connectivity index (χ4n) is 5.17. The normalized spacial score (nSPS) is 27.0. The molecule has 0 spiro atoms. The molecule has 3 aliphatic rings. The number of amides is 1. The lowest BCUT2D eigenvalue weighted by Crippen LogP contribution is -2.47. The lowest BCUT2D eigenvalue weighted by molar-refractivity contribution is -0.145. The first-order valence-corrected chi connectivity index (χ1v) is 12.4. The van der Waals surface area contributed by atoms with Gasteiger partial charge < -0.3 is 14.4 Å². The van der Waals surface area contributed by atoms with Gasteiger partial charge in [0.1, 0.15) is 6.04 Å². The minimum atomic E-state index is -3.73. The van der Waals surface area contributed by atoms with Gasteiger partial charge in [-0.1, -0.05) is 18.9 Å². The largest absolute Gasteiger partial charge is 0.467 e. The highest BCUT2D eigenvalue weighted by atomic mass is 32.2. The van der Waals surface area contributed by atoms with Crippen LogP contribution in [0.25, 0.3) is 0 Å². The van der Waals surface area contributed by atoms with E-state index in [1.165, 1.54) is 17.5 Å². The number of hydrogen-bond donors (Lipinski definition) is 0. The van der Waals surface area contributed by atoms with Crippen molar-refractivity contribution in [3.8, 4) is 0 Å². The van der Waals surface area contributed by atoms with Crippen LogP contribution in [0.3, 0.4) is 0 Å². The molecule has 9 heteroatoms. The Morgan fingerprint density at radius 1 is 1.13 bits per heavy atom. The number of benzene rings is 1. The summed E-state index contributed by atoms with van der Waals surface area (Å²) < 4.78 is 37.9. The highest BCUT2D eigenvalue weighted by molar-refractivity contribution is 7.89. The van der Waals surface area contributed by atoms with Crippen LogP contribution in [-0.2, 0) is 24.3 Å². The fourth-order valence-corrected chi connectivity index (χ4v) is 6.60. The van der Waals surface area contributed by atoms with Gasteiger partial charge in [0.15, 0.2) is 0 Å². The molecule has 1 aromatic rings. The standard InChI is InChI=1S/C22H30N2O6S/c1-15-7-8-17(31(27,28)23-9-11-30-12-10-23)14-18(15)21(25)24-19-6-4-3-5-16(19)13-20(24)22(26)29-2/h7-8,14,16,19-20H,3-6,9-13H2,1-2H3. The highest BCUT2D eigenvalue weighted by Crippen LogP contribution is 2.41. The van der Waals surface area contributed by atoms with Crippen molar-refractivity contribution < 1.29 is 27.5 Å². The zero-order valence-electron chi connectivity index (χ0n) is 18.1. The van der Waals surface area contributed by atoms with E-state index in [1.807, 2.05) is 0 Å². The molecular weight excluding hydrogens is 420 g/mol. The van der Waals surface area contributed by atoms with Gasteiger partial charge in [-0.25, -0.2) is 13.2 Å². The van der Waals surface area contributed by atoms with E-state index >= 15 is 0 Å². The van der Waals surface area contributed by atoms with Crippen molar-refractivity contribution in [3.05, 3.63) is 29.3 Å². The smallest absolute Gasteiger partial charge is 0.328 e. The summed E-state index contributed by atoms with van der Waals surface area (Å²) in [5, 5.41) is 0. The summed E-state index contributed by atoms with van der Waals surface area (Å²) in [6, 6.07) is 4.05. The van der Waals surface area contributed by atoms with Gasteiger partial charge in [0, 0.05) is 24.7 Å². The monoisotopic (exact) mass is 450 g/mol. The van der Waals surface area contributed by atoms with Crippen LogP contribution >= 0.6 is 0 Å². The first-order chi connectivity index (χ1) is 14.8. The molecule has 3 atom stereocenters. The number of methoxy groups -OCH3 is 1. The van der Waals surface area contributed by atoms with Crippen molar-refractivity contribution in [1.82, 2.24) is 9.21 Å². The van der Waals surface area contributed by atoms with E-state index < -0.39 is 22.0 Å². The molecule has 8 nitrogen and oxygen atoms in total. The second kappa shape index (κ2) is 8.88. The quantitative estimate of drug-likeness (QED) is 0.651. The second-order valence-corrected chi connectivity index (χ2v) is 10.5. The van der Waals surface area contributed by atoms with Crippen molar-refractivity contribution in [2.75, 3.05) is 33.4 Å². The summed E-state index contributed by atoms with van der Waals surface area (Å²) in [6.45, 7) is 3.09. The molecule has 1 amide bonds. The van der Waals surface area contributed by atoms with Gasteiger partial charge in [-0.3, -0.25) is 4.79 Å². The first-order valence-electron chi connectivity index (χ1n) is 10.9. The van der Waals surface area contributed by atoms with Crippen LogP contribution in [0.15, 0.2) is 23.1 Å². The van der Waals surface area contributed by atoms with Crippen LogP contribution < -0.4 is 0 Å². The van der Waals surface area contributed by atoms with Gasteiger partial charge in [-0.15, -0.1) is 0 Å². The molecular formula is C22H30N2O6S. The third-order valence-corrected chi connectivity index (χ3v) is 8.74. The second-order valence-electron chi connectivity index (χ2n) is 8.59. The molecule has 4 rings (SSSR count). The third kappa shape index (κ3) is 4.10. The lowest BCUT2D eigenvalue weighted by Gasteiger charge is -2.33. The third-order valence-electron chi connectivity index (χ3n) is 6.84. The number of sulfonamides is 1. The average Bonchev–Trinajstić information content (AvgIpc) is 3.18. The van der Waals surface area contributed by atoms with Crippen molar-refractivity contribution in [3.63, 3.8) is 0 Å². The molecule has 2 saturated heterocycles. The van der Waals surface area contributed by atoms with E-state index in [0.717, 1.165) is 25.7 Å². The molecule has 1 saturated carbocycles. The Labute approximate surface area is 183 Å². The Balaban J connectivity index is 1.68. The van der Waals surface area contributed by atoms with Gasteiger partial charge in [0.25, 0.3) is 5.91 Å². The van der Waals surface area contributed by atoms with E-state index in [1.54, 1.807) is 24.0 Å². The van der Waals surface area contributed by atoms with Crippen LogP contribution in [0.4, 0.5) is 0 Å². The molecule has 1 aromatic carbocycles. The van der Waals surface area contributed by atoms with E-state index in [2.05, 4.69) is 0 Å². The maximum Gasteiger partial charge on any atom is 0.328 e. The Morgan fingerprint density at radius 3 is 2.55 bits per heavy atom. The maximum atomic E-state index is 13.7. The molecule has 1 aliphatic carbocycles. The molecule has 3 fully saturated rings. The number of ether oxygens (including phenoxy) is 2. The number of aryl methyl sites for hydroxylation is 1. The summed E-state index contributed by atoms with van der Waals surface area (Å²) in [7, 11) is -2.38. The Hall–Kier alpha value is -1.97. The maximum absolute atomic E-state index is 13.7. The number of likely N-dealkylation sites (tertiary alicyclic amines) is 1. The van der Waals surface area contributed by atoms with Crippen LogP contribution in [-0.4, -0.2) is 75.0 Å². The van der Waals surface area contributed by atoms with Gasteiger partial charge in [-0.05, 0) is 49.8 Å². The lowest BCUT2D eigenvalue weighted by atomic mass is 9.84. The van der Waals surface area contributed by atoms with Crippen molar-refractivity contribution in [2.45, 2.75) is 56.0 Å². The number of carbonyl (C=O) groups is 2. The van der Waals surface area contributed by atoms with E-state index in [4.69, 9.17) is 9.47 Å². The molecule has 0 aromatic heterocycles. The molecule has 0 N–H and O–H groups in total. The Morgan fingerprint density at radius 2 is 1.84 bits per heavy atom. The zero-order valence-corrected chi connectivity index (χ0v) is 18.9. The average molecular weight is 451 g/mol. The molecule has 3 unspecified atom stereocenters. The van der Waals surface area contributed by atoms with Crippen LogP contribution in [0.2, 0.25) is 0 Å². The highest BCUT2D eigenvalue weighted by Gasteiger charge is 2.48. The van der Waals surface area contributed by atoms with Crippen LogP contribution in [0.1, 0.15) is 48.0 Å². The van der Waals surface area contributed by atoms with Gasteiger partial charge >= 0.3 is 5.97 Å². The summed E-state index contributed by atoms with van der Waals surface area (Å²) in [5.74, 6) is -0.416. The van der Waals surface area contributed by atoms with E-state index in [0.29, 0.717) is 43.9 Å². The molecule has 2 aliphatic heterocycles. The summed E-state index contributed by atoms with van der Waals surface area (Å²) in [5.41, 5.74) is 1.02. The fraction of sp³-hybridized carbons (Fsp3) is 0.636. The molecule has 31 heavy (non-hydrogen) atoms. The minimum Gasteiger partial charge on any atom is -0.467 e. The van der Waals surface area contributed by atoms with Gasteiger partial charge in [-0.2, -0.15) is 4.31 Å². The zero-order chi connectivity index (χ0) is 22.2. The topological polar surface area (TPSA) is 93.2 Å². The number of fused-ring (bicyclic) bond motifs is 1. The van der Waals surface area contributed by atoms with Crippen molar-refractivity contribution >= 4 is 21.9 Å².